The number of anilines is 2. The molecule has 0 fully saturated rings. The fourth-order valence-corrected chi connectivity index (χ4v) is 4.63. The van der Waals surface area contributed by atoms with Gasteiger partial charge in [0.2, 0.25) is 5.95 Å². The van der Waals surface area contributed by atoms with Gasteiger partial charge in [-0.15, -0.1) is 0 Å². The van der Waals surface area contributed by atoms with Gasteiger partial charge in [0.25, 0.3) is 15.9 Å². The summed E-state index contributed by atoms with van der Waals surface area (Å²) in [5.74, 6) is -0.872. The van der Waals surface area contributed by atoms with E-state index in [4.69, 9.17) is 11.6 Å². The number of carbonyl (C=O) groups excluding carboxylic acids is 1. The number of nitrogens with one attached hydrogen (secondary N) is 2. The maximum Gasteiger partial charge on any atom is 0.281 e. The van der Waals surface area contributed by atoms with Crippen LogP contribution < -0.4 is 10.0 Å². The highest BCUT2D eigenvalue weighted by Gasteiger charge is 2.21. The molecule has 182 valence electrons. The Kier molecular flexibility index (Phi) is 5.86. The van der Waals surface area contributed by atoms with Crippen molar-refractivity contribution in [1.82, 2.24) is 29.5 Å². The number of amides is 1. The van der Waals surface area contributed by atoms with Gasteiger partial charge in [-0.1, -0.05) is 11.6 Å². The van der Waals surface area contributed by atoms with Crippen LogP contribution in [-0.4, -0.2) is 43.9 Å². The summed E-state index contributed by atoms with van der Waals surface area (Å²) < 4.78 is 44.2. The van der Waals surface area contributed by atoms with E-state index in [-0.39, 0.29) is 27.4 Å². The van der Waals surface area contributed by atoms with Crippen molar-refractivity contribution in [3.8, 4) is 5.95 Å². The van der Waals surface area contributed by atoms with E-state index in [9.17, 15) is 17.6 Å². The third-order valence-electron chi connectivity index (χ3n) is 5.08. The third-order valence-corrected chi connectivity index (χ3v) is 6.64. The molecular formula is C22H16ClFN8O3S. The molecule has 2 aromatic carbocycles. The molecule has 0 saturated carbocycles. The van der Waals surface area contributed by atoms with Crippen molar-refractivity contribution < 1.29 is 17.6 Å². The van der Waals surface area contributed by atoms with Crippen LogP contribution in [-0.2, 0) is 17.1 Å². The lowest BCUT2D eigenvalue weighted by molar-refractivity contribution is 0.101. The van der Waals surface area contributed by atoms with Crippen molar-refractivity contribution in [2.24, 2.45) is 7.05 Å². The summed E-state index contributed by atoms with van der Waals surface area (Å²) in [7, 11) is -2.45. The lowest BCUT2D eigenvalue weighted by Gasteiger charge is -2.07. The van der Waals surface area contributed by atoms with E-state index in [0.29, 0.717) is 16.6 Å². The number of aromatic nitrogens is 6. The van der Waals surface area contributed by atoms with Crippen molar-refractivity contribution in [2.45, 2.75) is 5.03 Å². The molecule has 0 radical (unpaired) electrons. The lowest BCUT2D eigenvalue weighted by Crippen LogP contribution is -2.16. The molecule has 0 aliphatic rings. The van der Waals surface area contributed by atoms with E-state index in [2.05, 4.69) is 30.2 Å². The first-order valence-corrected chi connectivity index (χ1v) is 12.2. The standard InChI is InChI=1S/C22H16ClFN8O3S/c1-31-20(21(33)27-13-4-6-17(24)16(23)11-13)15-5-3-14(12-18(15)28-31)30-36(34,35)19-7-10-32(29-19)22-25-8-2-9-26-22/h2-12,30H,1H3,(H,27,33). The number of aryl methyl sites for hydroxylation is 1. The van der Waals surface area contributed by atoms with Gasteiger partial charge >= 0.3 is 0 Å². The number of nitrogens with zero attached hydrogens (tertiary/aromatic N) is 6. The first-order valence-electron chi connectivity index (χ1n) is 10.3. The van der Waals surface area contributed by atoms with Crippen molar-refractivity contribution >= 4 is 49.8 Å². The average Bonchev–Trinajstić information content (AvgIpc) is 3.46. The van der Waals surface area contributed by atoms with Gasteiger partial charge in [0, 0.05) is 36.7 Å². The molecule has 1 amide bonds. The second kappa shape index (κ2) is 9.02. The molecule has 5 aromatic rings. The summed E-state index contributed by atoms with van der Waals surface area (Å²) in [6, 6.07) is 11.4. The van der Waals surface area contributed by atoms with E-state index < -0.39 is 21.7 Å². The molecule has 0 atom stereocenters. The van der Waals surface area contributed by atoms with Crippen LogP contribution in [0.15, 0.2) is 72.1 Å². The molecule has 0 aliphatic carbocycles. The monoisotopic (exact) mass is 526 g/mol. The summed E-state index contributed by atoms with van der Waals surface area (Å²) in [5.41, 5.74) is 1.14. The maximum absolute atomic E-state index is 13.4. The van der Waals surface area contributed by atoms with Crippen molar-refractivity contribution in [3.63, 3.8) is 0 Å². The lowest BCUT2D eigenvalue weighted by atomic mass is 10.2. The number of fused-ring (bicyclic) bond motifs is 1. The van der Waals surface area contributed by atoms with Crippen LogP contribution in [0.4, 0.5) is 15.8 Å². The van der Waals surface area contributed by atoms with Gasteiger partial charge in [0.15, 0.2) is 5.03 Å². The van der Waals surface area contributed by atoms with E-state index in [1.54, 1.807) is 19.2 Å². The second-order valence-corrected chi connectivity index (χ2v) is 9.58. The zero-order valence-electron chi connectivity index (χ0n) is 18.4. The summed E-state index contributed by atoms with van der Waals surface area (Å²) in [6.45, 7) is 0. The predicted octanol–water partition coefficient (Wildman–Crippen LogP) is 3.39. The molecule has 0 saturated heterocycles. The predicted molar refractivity (Wildman–Crippen MR) is 130 cm³/mol. The normalized spacial score (nSPS) is 11.5. The van der Waals surface area contributed by atoms with E-state index in [0.717, 1.165) is 6.07 Å². The molecule has 3 aromatic heterocycles. The molecule has 0 bridgehead atoms. The summed E-state index contributed by atoms with van der Waals surface area (Å²) in [5, 5.41) is 11.1. The summed E-state index contributed by atoms with van der Waals surface area (Å²) in [6.07, 6.45) is 4.47. The Morgan fingerprint density at radius 3 is 2.53 bits per heavy atom. The highest BCUT2D eigenvalue weighted by atomic mass is 35.5. The first-order chi connectivity index (χ1) is 17.2. The highest BCUT2D eigenvalue weighted by Crippen LogP contribution is 2.25. The number of hydrogen-bond acceptors (Lipinski definition) is 7. The molecule has 2 N–H and O–H groups in total. The Balaban J connectivity index is 1.39. The second-order valence-electron chi connectivity index (χ2n) is 7.54. The Morgan fingerprint density at radius 2 is 1.78 bits per heavy atom. The number of sulfonamides is 1. The van der Waals surface area contributed by atoms with Crippen LogP contribution in [0.25, 0.3) is 16.9 Å². The van der Waals surface area contributed by atoms with Crippen LogP contribution in [0, 0.1) is 5.82 Å². The fourth-order valence-electron chi connectivity index (χ4n) is 3.48. The number of carbonyl (C=O) groups is 1. The number of halogens is 2. The van der Waals surface area contributed by atoms with Crippen molar-refractivity contribution in [1.29, 1.82) is 0 Å². The topological polar surface area (TPSA) is 137 Å². The van der Waals surface area contributed by atoms with Crippen molar-refractivity contribution in [3.05, 3.63) is 83.7 Å². The Morgan fingerprint density at radius 1 is 1.03 bits per heavy atom. The molecule has 3 heterocycles. The van der Waals surface area contributed by atoms with Gasteiger partial charge < -0.3 is 5.32 Å². The van der Waals surface area contributed by atoms with Gasteiger partial charge in [-0.25, -0.2) is 19.0 Å². The van der Waals surface area contributed by atoms with Crippen LogP contribution in [0.3, 0.4) is 0 Å². The Labute approximate surface area is 208 Å². The third kappa shape index (κ3) is 4.48. The number of benzene rings is 2. The molecule has 36 heavy (non-hydrogen) atoms. The highest BCUT2D eigenvalue weighted by molar-refractivity contribution is 7.92. The van der Waals surface area contributed by atoms with Gasteiger partial charge in [0.05, 0.1) is 16.2 Å². The van der Waals surface area contributed by atoms with E-state index in [1.165, 1.54) is 58.3 Å². The van der Waals surface area contributed by atoms with Gasteiger partial charge in [0.1, 0.15) is 11.5 Å². The van der Waals surface area contributed by atoms with Crippen LogP contribution in [0.1, 0.15) is 10.5 Å². The average molecular weight is 527 g/mol. The summed E-state index contributed by atoms with van der Waals surface area (Å²) in [4.78, 5) is 20.9. The maximum atomic E-state index is 13.4. The largest absolute Gasteiger partial charge is 0.321 e. The SMILES string of the molecule is Cn1nc2cc(NS(=O)(=O)c3ccn(-c4ncccn4)n3)ccc2c1C(=O)Nc1ccc(F)c(Cl)c1. The van der Waals surface area contributed by atoms with Gasteiger partial charge in [-0.2, -0.15) is 18.6 Å². The van der Waals surface area contributed by atoms with Crippen LogP contribution in [0.2, 0.25) is 5.02 Å². The van der Waals surface area contributed by atoms with Crippen LogP contribution in [0.5, 0.6) is 0 Å². The number of hydrogen-bond donors (Lipinski definition) is 2. The van der Waals surface area contributed by atoms with Gasteiger partial charge in [-0.3, -0.25) is 14.2 Å². The zero-order valence-corrected chi connectivity index (χ0v) is 20.0. The first kappa shape index (κ1) is 23.4. The zero-order chi connectivity index (χ0) is 25.4. The molecule has 5 rings (SSSR count). The van der Waals surface area contributed by atoms with Crippen molar-refractivity contribution in [2.75, 3.05) is 10.0 Å². The minimum Gasteiger partial charge on any atom is -0.321 e. The Hall–Kier alpha value is -4.36. The van der Waals surface area contributed by atoms with E-state index in [1.807, 2.05) is 0 Å². The van der Waals surface area contributed by atoms with Gasteiger partial charge in [-0.05, 0) is 48.5 Å². The van der Waals surface area contributed by atoms with Crippen LogP contribution >= 0.6 is 11.6 Å². The minimum atomic E-state index is -4.03. The fraction of sp³-hybridized carbons (Fsp3) is 0.0455. The van der Waals surface area contributed by atoms with E-state index >= 15 is 0 Å². The summed E-state index contributed by atoms with van der Waals surface area (Å²) >= 11 is 5.78. The minimum absolute atomic E-state index is 0.124. The Bertz CT molecular complexity index is 1720. The molecule has 0 spiro atoms. The molecule has 11 nitrogen and oxygen atoms in total. The molecule has 14 heteroatoms. The quantitative estimate of drug-likeness (QED) is 0.346. The molecule has 0 aliphatic heterocycles. The smallest absolute Gasteiger partial charge is 0.281 e. The molecule has 0 unspecified atom stereocenters. The molecular weight excluding hydrogens is 511 g/mol. The number of rotatable bonds is 6.